The van der Waals surface area contributed by atoms with Crippen molar-refractivity contribution in [3.8, 4) is 11.3 Å². The first kappa shape index (κ1) is 17.9. The van der Waals surface area contributed by atoms with Gasteiger partial charge in [0.1, 0.15) is 21.9 Å². The highest BCUT2D eigenvalue weighted by Gasteiger charge is 2.24. The minimum absolute atomic E-state index is 0.156. The van der Waals surface area contributed by atoms with Gasteiger partial charge in [-0.1, -0.05) is 11.3 Å². The number of fused-ring (bicyclic) bond motifs is 1. The number of thiazole rings is 1. The molecule has 144 valence electrons. The average Bonchev–Trinajstić information content (AvgIpc) is 3.33. The highest BCUT2D eigenvalue weighted by Crippen LogP contribution is 2.30. The van der Waals surface area contributed by atoms with Crippen molar-refractivity contribution in [3.05, 3.63) is 60.6 Å². The molecule has 7 heteroatoms. The predicted octanol–water partition coefficient (Wildman–Crippen LogP) is 4.80. The molecule has 1 aliphatic rings. The van der Waals surface area contributed by atoms with Crippen LogP contribution in [-0.2, 0) is 11.2 Å². The van der Waals surface area contributed by atoms with Crippen molar-refractivity contribution in [1.82, 2.24) is 19.9 Å². The average molecular weight is 401 g/mol. The maximum Gasteiger partial charge on any atom is 0.190 e. The van der Waals surface area contributed by atoms with Crippen molar-refractivity contribution in [1.29, 1.82) is 0 Å². The lowest BCUT2D eigenvalue weighted by atomic mass is 9.98. The highest BCUT2D eigenvalue weighted by atomic mass is 32.1. The van der Waals surface area contributed by atoms with E-state index in [0.29, 0.717) is 5.78 Å². The lowest BCUT2D eigenvalue weighted by Crippen LogP contribution is -2.09. The molecule has 0 saturated heterocycles. The van der Waals surface area contributed by atoms with Crippen LogP contribution < -0.4 is 5.32 Å². The van der Waals surface area contributed by atoms with Crippen LogP contribution in [0.5, 0.6) is 0 Å². The molecule has 5 rings (SSSR count). The molecule has 4 aromatic heterocycles. The Balaban J connectivity index is 1.36. The first-order chi connectivity index (χ1) is 14.2. The molecular formula is C22H19N5OS. The molecule has 0 bridgehead atoms. The van der Waals surface area contributed by atoms with Crippen LogP contribution in [0.2, 0.25) is 0 Å². The van der Waals surface area contributed by atoms with E-state index in [1.807, 2.05) is 36.4 Å². The molecule has 1 aliphatic carbocycles. The number of nitrogens with one attached hydrogen (secondary N) is 1. The summed E-state index contributed by atoms with van der Waals surface area (Å²) in [6.07, 6.45) is 8.82. The molecule has 1 N–H and O–H groups in total. The standard InChI is InChI=1S/C22H19N5OS/c28-19-3-1-2-16(19)12-14-6-11-24-20(13-14)27-22-26-18-5-4-17(25-21(18)29-22)15-7-9-23-10-8-15/h4-11,13,16H,1-3,12H2,(H,24,26,27). The second-order valence-corrected chi connectivity index (χ2v) is 8.19. The van der Waals surface area contributed by atoms with Gasteiger partial charge in [0.05, 0.1) is 5.69 Å². The summed E-state index contributed by atoms with van der Waals surface area (Å²) in [4.78, 5) is 30.6. The topological polar surface area (TPSA) is 80.7 Å². The van der Waals surface area contributed by atoms with Crippen LogP contribution in [0.25, 0.3) is 21.6 Å². The third kappa shape index (κ3) is 3.86. The Hall–Kier alpha value is -3.19. The maximum atomic E-state index is 11.9. The zero-order valence-corrected chi connectivity index (χ0v) is 16.5. The molecule has 0 radical (unpaired) electrons. The van der Waals surface area contributed by atoms with Gasteiger partial charge in [0.25, 0.3) is 0 Å². The van der Waals surface area contributed by atoms with Gasteiger partial charge in [-0.3, -0.25) is 9.78 Å². The molecule has 4 heterocycles. The Labute approximate surface area is 172 Å². The van der Waals surface area contributed by atoms with Gasteiger partial charge in [0.15, 0.2) is 5.13 Å². The summed E-state index contributed by atoms with van der Waals surface area (Å²) >= 11 is 1.50. The summed E-state index contributed by atoms with van der Waals surface area (Å²) in [5.74, 6) is 1.28. The normalized spacial score (nSPS) is 16.4. The van der Waals surface area contributed by atoms with E-state index in [1.54, 1.807) is 18.6 Å². The third-order valence-electron chi connectivity index (χ3n) is 5.20. The molecule has 1 atom stereocenters. The molecule has 0 aliphatic heterocycles. The Bertz CT molecular complexity index is 1170. The minimum Gasteiger partial charge on any atom is -0.316 e. The summed E-state index contributed by atoms with van der Waals surface area (Å²) in [7, 11) is 0. The first-order valence-corrected chi connectivity index (χ1v) is 10.5. The SMILES string of the molecule is O=C1CCCC1Cc1ccnc(Nc2nc3ccc(-c4ccncc4)nc3s2)c1. The van der Waals surface area contributed by atoms with Gasteiger partial charge in [-0.25, -0.2) is 15.0 Å². The van der Waals surface area contributed by atoms with Crippen molar-refractivity contribution >= 4 is 38.4 Å². The van der Waals surface area contributed by atoms with Gasteiger partial charge in [0, 0.05) is 36.5 Å². The predicted molar refractivity (Wildman–Crippen MR) is 114 cm³/mol. The van der Waals surface area contributed by atoms with Crippen molar-refractivity contribution in [2.75, 3.05) is 5.32 Å². The summed E-state index contributed by atoms with van der Waals surface area (Å²) in [6, 6.07) is 11.8. The van der Waals surface area contributed by atoms with Crippen LogP contribution in [0.4, 0.5) is 10.9 Å². The van der Waals surface area contributed by atoms with E-state index >= 15 is 0 Å². The number of hydrogen-bond donors (Lipinski definition) is 1. The number of pyridine rings is 3. The van der Waals surface area contributed by atoms with Gasteiger partial charge in [-0.15, -0.1) is 0 Å². The molecule has 29 heavy (non-hydrogen) atoms. The summed E-state index contributed by atoms with van der Waals surface area (Å²) in [5.41, 5.74) is 3.90. The minimum atomic E-state index is 0.156. The van der Waals surface area contributed by atoms with Gasteiger partial charge in [-0.2, -0.15) is 0 Å². The number of carbonyl (C=O) groups excluding carboxylic acids is 1. The van der Waals surface area contributed by atoms with Crippen molar-refractivity contribution in [3.63, 3.8) is 0 Å². The number of ketones is 1. The van der Waals surface area contributed by atoms with E-state index < -0.39 is 0 Å². The summed E-state index contributed by atoms with van der Waals surface area (Å²) in [6.45, 7) is 0. The number of rotatable bonds is 5. The lowest BCUT2D eigenvalue weighted by molar-refractivity contribution is -0.120. The first-order valence-electron chi connectivity index (χ1n) is 9.67. The van der Waals surface area contributed by atoms with Crippen LogP contribution in [0.3, 0.4) is 0 Å². The molecule has 0 amide bonds. The van der Waals surface area contributed by atoms with E-state index in [2.05, 4.69) is 20.3 Å². The highest BCUT2D eigenvalue weighted by molar-refractivity contribution is 7.21. The van der Waals surface area contributed by atoms with E-state index in [1.165, 1.54) is 11.3 Å². The van der Waals surface area contributed by atoms with E-state index in [-0.39, 0.29) is 5.92 Å². The van der Waals surface area contributed by atoms with Crippen molar-refractivity contribution < 1.29 is 4.79 Å². The van der Waals surface area contributed by atoms with Crippen LogP contribution in [-0.4, -0.2) is 25.7 Å². The fraction of sp³-hybridized carbons (Fsp3) is 0.227. The molecular weight excluding hydrogens is 382 g/mol. The maximum absolute atomic E-state index is 11.9. The van der Waals surface area contributed by atoms with Crippen LogP contribution in [0.1, 0.15) is 24.8 Å². The lowest BCUT2D eigenvalue weighted by Gasteiger charge is -2.09. The monoisotopic (exact) mass is 401 g/mol. The molecule has 6 nitrogen and oxygen atoms in total. The number of anilines is 2. The fourth-order valence-electron chi connectivity index (χ4n) is 3.72. The van der Waals surface area contributed by atoms with Gasteiger partial charge < -0.3 is 5.32 Å². The van der Waals surface area contributed by atoms with Crippen molar-refractivity contribution in [2.45, 2.75) is 25.7 Å². The number of carbonyl (C=O) groups is 1. The Morgan fingerprint density at radius 1 is 1.07 bits per heavy atom. The third-order valence-corrected chi connectivity index (χ3v) is 6.08. The number of hydrogen-bond acceptors (Lipinski definition) is 7. The Morgan fingerprint density at radius 2 is 1.97 bits per heavy atom. The van der Waals surface area contributed by atoms with Crippen molar-refractivity contribution in [2.24, 2.45) is 5.92 Å². The van der Waals surface area contributed by atoms with Crippen LogP contribution in [0.15, 0.2) is 55.0 Å². The quantitative estimate of drug-likeness (QED) is 0.517. The van der Waals surface area contributed by atoms with E-state index in [9.17, 15) is 4.79 Å². The molecule has 1 unspecified atom stereocenters. The second-order valence-electron chi connectivity index (χ2n) is 7.21. The molecule has 0 spiro atoms. The van der Waals surface area contributed by atoms with Crippen LogP contribution >= 0.6 is 11.3 Å². The fourth-order valence-corrected chi connectivity index (χ4v) is 4.57. The Morgan fingerprint density at radius 3 is 2.79 bits per heavy atom. The zero-order chi connectivity index (χ0) is 19.6. The summed E-state index contributed by atoms with van der Waals surface area (Å²) < 4.78 is 0. The second kappa shape index (κ2) is 7.67. The van der Waals surface area contributed by atoms with Gasteiger partial charge in [0.2, 0.25) is 0 Å². The zero-order valence-electron chi connectivity index (χ0n) is 15.7. The number of nitrogens with zero attached hydrogens (tertiary/aromatic N) is 4. The number of Topliss-reactive ketones (excluding diaryl/α,β-unsaturated/α-hetero) is 1. The van der Waals surface area contributed by atoms with Gasteiger partial charge in [-0.05, 0) is 61.2 Å². The number of aromatic nitrogens is 4. The van der Waals surface area contributed by atoms with E-state index in [0.717, 1.165) is 63.8 Å². The molecule has 0 aromatic carbocycles. The molecule has 1 fully saturated rings. The van der Waals surface area contributed by atoms with E-state index in [4.69, 9.17) is 4.98 Å². The molecule has 4 aromatic rings. The van der Waals surface area contributed by atoms with Crippen LogP contribution in [0, 0.1) is 5.92 Å². The smallest absolute Gasteiger partial charge is 0.190 e. The largest absolute Gasteiger partial charge is 0.316 e. The summed E-state index contributed by atoms with van der Waals surface area (Å²) in [5, 5.41) is 4.04. The van der Waals surface area contributed by atoms with Gasteiger partial charge >= 0.3 is 0 Å². The molecule has 1 saturated carbocycles. The Kier molecular flexibility index (Phi) is 4.73.